The molecule has 8 heteroatoms. The van der Waals surface area contributed by atoms with Crippen LogP contribution in [0.2, 0.25) is 5.02 Å². The van der Waals surface area contributed by atoms with E-state index in [2.05, 4.69) is 0 Å². The summed E-state index contributed by atoms with van der Waals surface area (Å²) in [5.74, 6) is 2.45. The Labute approximate surface area is 194 Å². The summed E-state index contributed by atoms with van der Waals surface area (Å²) >= 11 is 7.36. The molecule has 0 radical (unpaired) electrons. The molecule has 3 aromatic carbocycles. The van der Waals surface area contributed by atoms with Crippen LogP contribution in [-0.2, 0) is 0 Å². The molecule has 0 spiro atoms. The van der Waals surface area contributed by atoms with Gasteiger partial charge in [-0.2, -0.15) is 0 Å². The highest BCUT2D eigenvalue weighted by molar-refractivity contribution is 7.99. The van der Waals surface area contributed by atoms with E-state index >= 15 is 0 Å². The van der Waals surface area contributed by atoms with E-state index < -0.39 is 0 Å². The van der Waals surface area contributed by atoms with Crippen molar-refractivity contribution in [1.82, 2.24) is 9.55 Å². The third-order valence-electron chi connectivity index (χ3n) is 4.77. The second-order valence-electron chi connectivity index (χ2n) is 6.74. The van der Waals surface area contributed by atoms with Gasteiger partial charge < -0.3 is 14.2 Å². The van der Waals surface area contributed by atoms with E-state index in [0.29, 0.717) is 50.6 Å². The van der Waals surface area contributed by atoms with Crippen LogP contribution in [-0.4, -0.2) is 36.1 Å². The van der Waals surface area contributed by atoms with E-state index in [9.17, 15) is 4.79 Å². The fourth-order valence-electron chi connectivity index (χ4n) is 3.22. The van der Waals surface area contributed by atoms with Gasteiger partial charge in [0.25, 0.3) is 5.56 Å². The van der Waals surface area contributed by atoms with Gasteiger partial charge in [0.05, 0.1) is 37.4 Å². The minimum Gasteiger partial charge on any atom is -0.493 e. The SMILES string of the molecule is COc1ccc(-n2c(SCCOc3ccc(Cl)cc3)nc3ccccc3c2=O)cc1OC. The largest absolute Gasteiger partial charge is 0.493 e. The number of para-hydroxylation sites is 1. The maximum atomic E-state index is 13.4. The number of nitrogens with zero attached hydrogens (tertiary/aromatic N) is 2. The number of hydrogen-bond donors (Lipinski definition) is 0. The lowest BCUT2D eigenvalue weighted by atomic mass is 10.2. The Balaban J connectivity index is 1.66. The first-order valence-corrected chi connectivity index (χ1v) is 11.2. The van der Waals surface area contributed by atoms with E-state index in [4.69, 9.17) is 30.8 Å². The van der Waals surface area contributed by atoms with Crippen molar-refractivity contribution in [3.8, 4) is 22.9 Å². The molecule has 1 aromatic heterocycles. The number of ether oxygens (including phenoxy) is 3. The molecule has 0 aliphatic heterocycles. The fourth-order valence-corrected chi connectivity index (χ4v) is 4.18. The molecule has 0 amide bonds. The summed E-state index contributed by atoms with van der Waals surface area (Å²) in [6.45, 7) is 0.445. The molecule has 1 heterocycles. The smallest absolute Gasteiger partial charge is 0.266 e. The van der Waals surface area contributed by atoms with Crippen molar-refractivity contribution in [1.29, 1.82) is 0 Å². The molecular formula is C24H21ClN2O4S. The summed E-state index contributed by atoms with van der Waals surface area (Å²) in [5, 5.41) is 1.77. The minimum absolute atomic E-state index is 0.149. The van der Waals surface area contributed by atoms with Gasteiger partial charge >= 0.3 is 0 Å². The Morgan fingerprint density at radius 2 is 1.72 bits per heavy atom. The summed E-state index contributed by atoms with van der Waals surface area (Å²) in [4.78, 5) is 18.1. The number of hydrogen-bond acceptors (Lipinski definition) is 6. The molecule has 0 saturated carbocycles. The second kappa shape index (κ2) is 9.97. The van der Waals surface area contributed by atoms with Crippen LogP contribution in [0.4, 0.5) is 0 Å². The Hall–Kier alpha value is -3.16. The van der Waals surface area contributed by atoms with Crippen LogP contribution in [0.25, 0.3) is 16.6 Å². The topological polar surface area (TPSA) is 62.6 Å². The van der Waals surface area contributed by atoms with Crippen molar-refractivity contribution in [2.45, 2.75) is 5.16 Å². The van der Waals surface area contributed by atoms with Crippen LogP contribution in [0.15, 0.2) is 76.7 Å². The molecule has 6 nitrogen and oxygen atoms in total. The summed E-state index contributed by atoms with van der Waals surface area (Å²) in [6, 6.07) is 19.9. The lowest BCUT2D eigenvalue weighted by Crippen LogP contribution is -2.22. The average molecular weight is 469 g/mol. The molecule has 0 bridgehead atoms. The lowest BCUT2D eigenvalue weighted by Gasteiger charge is -2.15. The molecule has 164 valence electrons. The first-order valence-electron chi connectivity index (χ1n) is 9.86. The highest BCUT2D eigenvalue weighted by Crippen LogP contribution is 2.30. The highest BCUT2D eigenvalue weighted by atomic mass is 35.5. The van der Waals surface area contributed by atoms with Gasteiger partial charge in [-0.15, -0.1) is 0 Å². The van der Waals surface area contributed by atoms with Crippen LogP contribution in [0.1, 0.15) is 0 Å². The number of fused-ring (bicyclic) bond motifs is 1. The molecule has 0 unspecified atom stereocenters. The van der Waals surface area contributed by atoms with Crippen molar-refractivity contribution < 1.29 is 14.2 Å². The molecule has 0 aliphatic carbocycles. The van der Waals surface area contributed by atoms with Crippen molar-refractivity contribution >= 4 is 34.3 Å². The summed E-state index contributed by atoms with van der Waals surface area (Å²) in [7, 11) is 3.13. The zero-order valence-electron chi connectivity index (χ0n) is 17.6. The molecule has 4 rings (SSSR count). The minimum atomic E-state index is -0.149. The second-order valence-corrected chi connectivity index (χ2v) is 8.24. The number of halogens is 1. The first-order chi connectivity index (χ1) is 15.6. The van der Waals surface area contributed by atoms with Crippen molar-refractivity contribution in [3.05, 3.63) is 82.1 Å². The van der Waals surface area contributed by atoms with Crippen LogP contribution in [0, 0.1) is 0 Å². The van der Waals surface area contributed by atoms with Gasteiger partial charge in [0.15, 0.2) is 16.7 Å². The van der Waals surface area contributed by atoms with Crippen LogP contribution in [0.5, 0.6) is 17.2 Å². The average Bonchev–Trinajstić information content (AvgIpc) is 2.82. The Kier molecular flexibility index (Phi) is 6.87. The number of aromatic nitrogens is 2. The van der Waals surface area contributed by atoms with E-state index in [0.717, 1.165) is 5.75 Å². The first kappa shape index (κ1) is 22.0. The highest BCUT2D eigenvalue weighted by Gasteiger charge is 2.15. The number of benzene rings is 3. The van der Waals surface area contributed by atoms with Gasteiger partial charge in [-0.1, -0.05) is 35.5 Å². The molecule has 0 saturated heterocycles. The summed E-state index contributed by atoms with van der Waals surface area (Å²) in [6.07, 6.45) is 0. The predicted octanol–water partition coefficient (Wildman–Crippen LogP) is 5.23. The Morgan fingerprint density at radius 1 is 0.969 bits per heavy atom. The Morgan fingerprint density at radius 3 is 2.47 bits per heavy atom. The van der Waals surface area contributed by atoms with Crippen molar-refractivity contribution in [2.24, 2.45) is 0 Å². The maximum Gasteiger partial charge on any atom is 0.266 e. The van der Waals surface area contributed by atoms with E-state index in [1.54, 1.807) is 49.1 Å². The molecule has 0 atom stereocenters. The van der Waals surface area contributed by atoms with Crippen molar-refractivity contribution in [3.63, 3.8) is 0 Å². The van der Waals surface area contributed by atoms with Gasteiger partial charge in [0.1, 0.15) is 5.75 Å². The number of thioether (sulfide) groups is 1. The lowest BCUT2D eigenvalue weighted by molar-refractivity contribution is 0.344. The molecule has 0 fully saturated rings. The monoisotopic (exact) mass is 468 g/mol. The molecule has 32 heavy (non-hydrogen) atoms. The van der Waals surface area contributed by atoms with E-state index in [-0.39, 0.29) is 5.56 Å². The predicted molar refractivity (Wildman–Crippen MR) is 128 cm³/mol. The third-order valence-corrected chi connectivity index (χ3v) is 5.92. The molecule has 0 N–H and O–H groups in total. The quantitative estimate of drug-likeness (QED) is 0.200. The van der Waals surface area contributed by atoms with E-state index in [1.807, 2.05) is 36.4 Å². The third kappa shape index (κ3) is 4.69. The standard InChI is InChI=1S/C24H21ClN2O4S/c1-29-21-12-9-17(15-22(21)30-2)27-23(28)19-5-3-4-6-20(19)26-24(27)32-14-13-31-18-10-7-16(25)8-11-18/h3-12,15H,13-14H2,1-2H3. The van der Waals surface area contributed by atoms with Crippen LogP contribution >= 0.6 is 23.4 Å². The van der Waals surface area contributed by atoms with Crippen LogP contribution < -0.4 is 19.8 Å². The van der Waals surface area contributed by atoms with Crippen molar-refractivity contribution in [2.75, 3.05) is 26.6 Å². The van der Waals surface area contributed by atoms with Gasteiger partial charge in [0.2, 0.25) is 0 Å². The normalized spacial score (nSPS) is 10.8. The maximum absolute atomic E-state index is 13.4. The molecule has 0 aliphatic rings. The van der Waals surface area contributed by atoms with Gasteiger partial charge in [-0.25, -0.2) is 4.98 Å². The molecular weight excluding hydrogens is 448 g/mol. The zero-order valence-corrected chi connectivity index (χ0v) is 19.2. The Bertz CT molecular complexity index is 1290. The van der Waals surface area contributed by atoms with Gasteiger partial charge in [-0.3, -0.25) is 9.36 Å². The number of methoxy groups -OCH3 is 2. The van der Waals surface area contributed by atoms with Gasteiger partial charge in [0, 0.05) is 16.8 Å². The van der Waals surface area contributed by atoms with Gasteiger partial charge in [-0.05, 0) is 48.5 Å². The number of rotatable bonds is 8. The zero-order chi connectivity index (χ0) is 22.5. The summed E-state index contributed by atoms with van der Waals surface area (Å²) in [5.41, 5.74) is 1.14. The molecule has 4 aromatic rings. The van der Waals surface area contributed by atoms with E-state index in [1.165, 1.54) is 11.8 Å². The fraction of sp³-hybridized carbons (Fsp3) is 0.167. The van der Waals surface area contributed by atoms with Crippen LogP contribution in [0.3, 0.4) is 0 Å². The summed E-state index contributed by atoms with van der Waals surface area (Å²) < 4.78 is 18.1.